The number of aromatic nitrogens is 2. The third-order valence-electron chi connectivity index (χ3n) is 6.61. The van der Waals surface area contributed by atoms with E-state index in [9.17, 15) is 19.5 Å². The highest BCUT2D eigenvalue weighted by atomic mass is 79.9. The van der Waals surface area contributed by atoms with Crippen LogP contribution in [0.2, 0.25) is 0 Å². The van der Waals surface area contributed by atoms with Gasteiger partial charge in [0.05, 0.1) is 10.2 Å². The number of benzene rings is 2. The standard InChI is InChI=1S/C29H21BrN4O5S/c1-2-31-28(36)22-4-3-15(25(33-22)29(37)38)17-12-23-19(26-14(13-39-23)8-10-40-26)11-18(17)27(35)34-21-6-5-20-16(24(21)30)7-9-32-20/h3-12,32H,2,13H2,1H3,(H,31,36)(H,34,35)(H,37,38). The smallest absolute Gasteiger partial charge is 0.355 e. The molecule has 1 aliphatic rings. The first-order chi connectivity index (χ1) is 19.4. The molecule has 2 aromatic carbocycles. The Morgan fingerprint density at radius 2 is 1.93 bits per heavy atom. The molecule has 9 nitrogen and oxygen atoms in total. The van der Waals surface area contributed by atoms with Crippen LogP contribution in [0.15, 0.2) is 64.6 Å². The summed E-state index contributed by atoms with van der Waals surface area (Å²) in [5, 5.41) is 18.5. The van der Waals surface area contributed by atoms with Crippen LogP contribution < -0.4 is 15.4 Å². The summed E-state index contributed by atoms with van der Waals surface area (Å²) in [5.41, 5.74) is 3.58. The predicted octanol–water partition coefficient (Wildman–Crippen LogP) is 6.31. The minimum absolute atomic E-state index is 0.0322. The quantitative estimate of drug-likeness (QED) is 0.176. The van der Waals surface area contributed by atoms with Crippen molar-refractivity contribution in [2.45, 2.75) is 13.5 Å². The first-order valence-corrected chi connectivity index (χ1v) is 14.0. The van der Waals surface area contributed by atoms with Crippen LogP contribution in [0.4, 0.5) is 5.69 Å². The van der Waals surface area contributed by atoms with Gasteiger partial charge in [-0.15, -0.1) is 11.3 Å². The van der Waals surface area contributed by atoms with E-state index >= 15 is 0 Å². The fourth-order valence-corrected chi connectivity index (χ4v) is 6.24. The van der Waals surface area contributed by atoms with Gasteiger partial charge in [-0.1, -0.05) is 0 Å². The Bertz CT molecular complexity index is 1840. The van der Waals surface area contributed by atoms with Crippen molar-refractivity contribution in [3.8, 4) is 27.3 Å². The molecule has 0 saturated heterocycles. The van der Waals surface area contributed by atoms with E-state index in [0.717, 1.165) is 26.9 Å². The number of halogens is 1. The first-order valence-electron chi connectivity index (χ1n) is 12.3. The maximum Gasteiger partial charge on any atom is 0.355 e. The summed E-state index contributed by atoms with van der Waals surface area (Å²) in [7, 11) is 0. The minimum atomic E-state index is -1.33. The van der Waals surface area contributed by atoms with Crippen molar-refractivity contribution >= 4 is 61.6 Å². The molecule has 4 heterocycles. The van der Waals surface area contributed by atoms with Gasteiger partial charge >= 0.3 is 5.97 Å². The van der Waals surface area contributed by atoms with Crippen LogP contribution in [-0.2, 0) is 6.61 Å². The van der Waals surface area contributed by atoms with Crippen molar-refractivity contribution in [3.63, 3.8) is 0 Å². The topological polar surface area (TPSA) is 133 Å². The number of ether oxygens (including phenoxy) is 1. The Morgan fingerprint density at radius 1 is 1.07 bits per heavy atom. The minimum Gasteiger partial charge on any atom is -0.488 e. The number of amides is 2. The maximum atomic E-state index is 13.9. The van der Waals surface area contributed by atoms with E-state index < -0.39 is 17.8 Å². The number of carboxylic acids is 1. The number of aromatic amines is 1. The van der Waals surface area contributed by atoms with Crippen molar-refractivity contribution in [1.82, 2.24) is 15.3 Å². The Hall–Kier alpha value is -4.48. The number of hydrogen-bond acceptors (Lipinski definition) is 6. The highest BCUT2D eigenvalue weighted by Crippen LogP contribution is 2.45. The number of carbonyl (C=O) groups is 3. The first kappa shape index (κ1) is 25.8. The lowest BCUT2D eigenvalue weighted by Gasteiger charge is -2.21. The van der Waals surface area contributed by atoms with Gasteiger partial charge in [-0.3, -0.25) is 9.59 Å². The Labute approximate surface area is 240 Å². The molecule has 4 N–H and O–H groups in total. The number of hydrogen-bond donors (Lipinski definition) is 4. The lowest BCUT2D eigenvalue weighted by atomic mass is 9.92. The number of carboxylic acid groups (broad SMARTS) is 1. The van der Waals surface area contributed by atoms with Crippen molar-refractivity contribution < 1.29 is 24.2 Å². The second-order valence-electron chi connectivity index (χ2n) is 9.03. The van der Waals surface area contributed by atoms with Crippen molar-refractivity contribution in [3.05, 3.63) is 87.1 Å². The monoisotopic (exact) mass is 616 g/mol. The van der Waals surface area contributed by atoms with E-state index in [1.54, 1.807) is 36.5 Å². The SMILES string of the molecule is CCNC(=O)c1ccc(-c2cc3c(cc2C(=O)Nc2ccc4[nH]ccc4c2Br)-c2sccc2CO3)c(C(=O)O)n1. The summed E-state index contributed by atoms with van der Waals surface area (Å²) in [4.78, 5) is 46.9. The summed E-state index contributed by atoms with van der Waals surface area (Å²) in [6, 6.07) is 13.9. The number of H-pyrrole nitrogens is 1. The van der Waals surface area contributed by atoms with Gasteiger partial charge in [-0.05, 0) is 76.8 Å². The van der Waals surface area contributed by atoms with Crippen molar-refractivity contribution in [2.24, 2.45) is 0 Å². The van der Waals surface area contributed by atoms with Gasteiger partial charge in [-0.2, -0.15) is 0 Å². The van der Waals surface area contributed by atoms with Gasteiger partial charge < -0.3 is 25.5 Å². The molecule has 40 heavy (non-hydrogen) atoms. The number of anilines is 1. The number of carbonyl (C=O) groups excluding carboxylic acids is 2. The number of fused-ring (bicyclic) bond motifs is 4. The normalized spacial score (nSPS) is 11.8. The second-order valence-corrected chi connectivity index (χ2v) is 10.7. The zero-order valence-electron chi connectivity index (χ0n) is 21.0. The van der Waals surface area contributed by atoms with E-state index in [0.29, 0.717) is 34.6 Å². The molecular weight excluding hydrogens is 596 g/mol. The molecule has 3 aromatic heterocycles. The average molecular weight is 617 g/mol. The summed E-state index contributed by atoms with van der Waals surface area (Å²) in [6.45, 7) is 2.49. The molecule has 0 atom stereocenters. The molecule has 0 fully saturated rings. The second kappa shape index (κ2) is 10.2. The van der Waals surface area contributed by atoms with E-state index in [4.69, 9.17) is 4.74 Å². The highest BCUT2D eigenvalue weighted by Gasteiger charge is 2.27. The summed E-state index contributed by atoms with van der Waals surface area (Å²) in [5.74, 6) is -1.73. The molecule has 6 rings (SSSR count). The fourth-order valence-electron chi connectivity index (χ4n) is 4.73. The van der Waals surface area contributed by atoms with Crippen LogP contribution in [0.25, 0.3) is 32.5 Å². The zero-order valence-corrected chi connectivity index (χ0v) is 23.4. The summed E-state index contributed by atoms with van der Waals surface area (Å²) < 4.78 is 6.72. The van der Waals surface area contributed by atoms with Gasteiger partial charge in [0.1, 0.15) is 18.1 Å². The van der Waals surface area contributed by atoms with Crippen molar-refractivity contribution in [2.75, 3.05) is 11.9 Å². The molecule has 0 bridgehead atoms. The summed E-state index contributed by atoms with van der Waals surface area (Å²) >= 11 is 5.13. The third-order valence-corrected chi connectivity index (χ3v) is 8.46. The molecule has 11 heteroatoms. The van der Waals surface area contributed by atoms with Gasteiger partial charge in [0.15, 0.2) is 5.69 Å². The predicted molar refractivity (Wildman–Crippen MR) is 156 cm³/mol. The highest BCUT2D eigenvalue weighted by molar-refractivity contribution is 9.10. The molecule has 1 aliphatic heterocycles. The molecule has 0 radical (unpaired) electrons. The Kier molecular flexibility index (Phi) is 6.60. The van der Waals surface area contributed by atoms with Crippen molar-refractivity contribution in [1.29, 1.82) is 0 Å². The molecule has 200 valence electrons. The Balaban J connectivity index is 1.51. The molecule has 0 spiro atoms. The van der Waals surface area contributed by atoms with Crippen LogP contribution >= 0.6 is 27.3 Å². The number of pyridine rings is 1. The van der Waals surface area contributed by atoms with E-state index in [1.165, 1.54) is 12.1 Å². The average Bonchev–Trinajstić information content (AvgIpc) is 3.64. The van der Waals surface area contributed by atoms with Crippen LogP contribution in [0, 0.1) is 0 Å². The summed E-state index contributed by atoms with van der Waals surface area (Å²) in [6.07, 6.45) is 1.81. The maximum absolute atomic E-state index is 13.9. The Morgan fingerprint density at radius 3 is 2.73 bits per heavy atom. The number of thiophene rings is 1. The van der Waals surface area contributed by atoms with Gasteiger partial charge in [0, 0.05) is 56.3 Å². The third kappa shape index (κ3) is 4.42. The van der Waals surface area contributed by atoms with E-state index in [2.05, 4.69) is 36.5 Å². The number of aromatic carboxylic acids is 1. The molecule has 0 aliphatic carbocycles. The number of nitrogens with one attached hydrogen (secondary N) is 3. The van der Waals surface area contributed by atoms with E-state index in [-0.39, 0.29) is 22.5 Å². The molecule has 0 unspecified atom stereocenters. The molecule has 2 amide bonds. The van der Waals surface area contributed by atoms with Crippen LogP contribution in [0.3, 0.4) is 0 Å². The van der Waals surface area contributed by atoms with Gasteiger partial charge in [0.25, 0.3) is 11.8 Å². The van der Waals surface area contributed by atoms with Crippen LogP contribution in [0.5, 0.6) is 5.75 Å². The van der Waals surface area contributed by atoms with Crippen LogP contribution in [0.1, 0.15) is 43.8 Å². The van der Waals surface area contributed by atoms with Gasteiger partial charge in [0.2, 0.25) is 0 Å². The lowest BCUT2D eigenvalue weighted by Crippen LogP contribution is -2.24. The molecule has 0 saturated carbocycles. The van der Waals surface area contributed by atoms with Gasteiger partial charge in [-0.25, -0.2) is 9.78 Å². The zero-order chi connectivity index (χ0) is 28.0. The van der Waals surface area contributed by atoms with Crippen LogP contribution in [-0.4, -0.2) is 39.4 Å². The molecule has 5 aromatic rings. The van der Waals surface area contributed by atoms with E-state index in [1.807, 2.05) is 29.8 Å². The number of nitrogens with zero attached hydrogens (tertiary/aromatic N) is 1. The fraction of sp³-hybridized carbons (Fsp3) is 0.103. The largest absolute Gasteiger partial charge is 0.488 e. The molecular formula is C29H21BrN4O5S. The number of rotatable bonds is 6. The lowest BCUT2D eigenvalue weighted by molar-refractivity contribution is 0.0691.